The third-order valence-electron chi connectivity index (χ3n) is 4.12. The van der Waals surface area contributed by atoms with Gasteiger partial charge in [0.15, 0.2) is 0 Å². The van der Waals surface area contributed by atoms with Crippen LogP contribution in [0.2, 0.25) is 0 Å². The van der Waals surface area contributed by atoms with Crippen LogP contribution in [-0.4, -0.2) is 35.1 Å². The number of pyridine rings is 1. The lowest BCUT2D eigenvalue weighted by molar-refractivity contribution is -0.143. The molecule has 0 radical (unpaired) electrons. The van der Waals surface area contributed by atoms with Gasteiger partial charge in [-0.2, -0.15) is 13.2 Å². The van der Waals surface area contributed by atoms with Crippen LogP contribution in [0.4, 0.5) is 13.2 Å². The van der Waals surface area contributed by atoms with Crippen LogP contribution in [0.3, 0.4) is 0 Å². The van der Waals surface area contributed by atoms with E-state index < -0.39 is 18.0 Å². The summed E-state index contributed by atoms with van der Waals surface area (Å²) < 4.78 is 50.8. The lowest BCUT2D eigenvalue weighted by Gasteiger charge is -2.25. The normalized spacial score (nSPS) is 17.4. The molecule has 136 valence electrons. The zero-order chi connectivity index (χ0) is 18.0. The highest BCUT2D eigenvalue weighted by Crippen LogP contribution is 2.37. The van der Waals surface area contributed by atoms with Gasteiger partial charge in [-0.15, -0.1) is 11.3 Å². The molecule has 1 aliphatic heterocycles. The van der Waals surface area contributed by atoms with E-state index in [4.69, 9.17) is 9.47 Å². The van der Waals surface area contributed by atoms with Crippen LogP contribution in [0, 0.1) is 0 Å². The van der Waals surface area contributed by atoms with Crippen molar-refractivity contribution in [3.63, 3.8) is 0 Å². The maximum absolute atomic E-state index is 13.5. The van der Waals surface area contributed by atoms with E-state index in [1.165, 1.54) is 17.5 Å². The molecule has 2 aromatic heterocycles. The Morgan fingerprint density at radius 3 is 2.64 bits per heavy atom. The Kier molecular flexibility index (Phi) is 5.38. The molecular formula is C16H18F3N3O2S. The molecule has 3 rings (SSSR count). The molecule has 1 fully saturated rings. The van der Waals surface area contributed by atoms with Crippen LogP contribution in [-0.2, 0) is 22.2 Å². The molecule has 0 aliphatic carbocycles. The number of hydrogen-bond donors (Lipinski definition) is 0. The predicted molar refractivity (Wildman–Crippen MR) is 85.9 cm³/mol. The Balaban J connectivity index is 1.86. The van der Waals surface area contributed by atoms with E-state index in [1.807, 2.05) is 18.9 Å². The van der Waals surface area contributed by atoms with Crippen LogP contribution >= 0.6 is 11.3 Å². The van der Waals surface area contributed by atoms with Crippen molar-refractivity contribution < 1.29 is 22.6 Å². The summed E-state index contributed by atoms with van der Waals surface area (Å²) in [6.45, 7) is 2.98. The molecule has 1 aliphatic rings. The van der Waals surface area contributed by atoms with Crippen molar-refractivity contribution >= 4 is 11.3 Å². The fourth-order valence-corrected chi connectivity index (χ4v) is 3.27. The van der Waals surface area contributed by atoms with Gasteiger partial charge in [-0.25, -0.2) is 0 Å². The summed E-state index contributed by atoms with van der Waals surface area (Å²) in [5, 5.41) is 0. The van der Waals surface area contributed by atoms with Gasteiger partial charge in [0.2, 0.25) is 6.29 Å². The van der Waals surface area contributed by atoms with Crippen LogP contribution in [0.1, 0.15) is 41.0 Å². The van der Waals surface area contributed by atoms with E-state index in [0.717, 1.165) is 10.9 Å². The number of nitrogens with zero attached hydrogens (tertiary/aromatic N) is 3. The van der Waals surface area contributed by atoms with Crippen LogP contribution in [0.15, 0.2) is 24.0 Å². The van der Waals surface area contributed by atoms with Gasteiger partial charge in [-0.3, -0.25) is 14.9 Å². The second-order valence-electron chi connectivity index (χ2n) is 5.83. The minimum atomic E-state index is -4.52. The molecule has 9 heteroatoms. The van der Waals surface area contributed by atoms with E-state index in [1.54, 1.807) is 11.7 Å². The van der Waals surface area contributed by atoms with Gasteiger partial charge in [0.1, 0.15) is 5.69 Å². The van der Waals surface area contributed by atoms with Gasteiger partial charge < -0.3 is 9.47 Å². The highest BCUT2D eigenvalue weighted by molar-refractivity contribution is 7.09. The number of thiazole rings is 1. The smallest absolute Gasteiger partial charge is 0.345 e. The summed E-state index contributed by atoms with van der Waals surface area (Å²) in [4.78, 5) is 11.0. The summed E-state index contributed by atoms with van der Waals surface area (Å²) in [6.07, 6.45) is -2.37. The zero-order valence-electron chi connectivity index (χ0n) is 13.8. The second kappa shape index (κ2) is 7.36. The average Bonchev–Trinajstić information content (AvgIpc) is 3.26. The molecule has 25 heavy (non-hydrogen) atoms. The monoisotopic (exact) mass is 373 g/mol. The number of ether oxygens (including phenoxy) is 2. The van der Waals surface area contributed by atoms with Gasteiger partial charge in [-0.05, 0) is 25.6 Å². The van der Waals surface area contributed by atoms with Gasteiger partial charge in [0.05, 0.1) is 24.3 Å². The van der Waals surface area contributed by atoms with Crippen molar-refractivity contribution in [2.75, 3.05) is 20.3 Å². The van der Waals surface area contributed by atoms with Crippen molar-refractivity contribution in [2.45, 2.75) is 32.0 Å². The number of alkyl halides is 3. The molecule has 0 saturated carbocycles. The minimum absolute atomic E-state index is 0.217. The van der Waals surface area contributed by atoms with Crippen LogP contribution < -0.4 is 0 Å². The van der Waals surface area contributed by atoms with Crippen molar-refractivity contribution in [3.8, 4) is 0 Å². The molecule has 0 amide bonds. The van der Waals surface area contributed by atoms with Crippen LogP contribution in [0.5, 0.6) is 0 Å². The molecule has 0 N–H and O–H groups in total. The molecule has 1 atom stereocenters. The van der Waals surface area contributed by atoms with Gasteiger partial charge in [-0.1, -0.05) is 0 Å². The molecule has 0 spiro atoms. The lowest BCUT2D eigenvalue weighted by atomic mass is 10.0. The first-order chi connectivity index (χ1) is 11.9. The van der Waals surface area contributed by atoms with Gasteiger partial charge in [0.25, 0.3) is 0 Å². The Morgan fingerprint density at radius 2 is 2.04 bits per heavy atom. The summed E-state index contributed by atoms with van der Waals surface area (Å²) in [5.74, 6) is 0. The van der Waals surface area contributed by atoms with E-state index >= 15 is 0 Å². The predicted octanol–water partition coefficient (Wildman–Crippen LogP) is 3.80. The summed E-state index contributed by atoms with van der Waals surface area (Å²) in [7, 11) is 1.86. The molecule has 0 aromatic carbocycles. The van der Waals surface area contributed by atoms with Crippen molar-refractivity contribution in [2.24, 2.45) is 0 Å². The van der Waals surface area contributed by atoms with E-state index in [2.05, 4.69) is 9.97 Å². The third kappa shape index (κ3) is 4.17. The first kappa shape index (κ1) is 18.2. The maximum atomic E-state index is 13.5. The van der Waals surface area contributed by atoms with Crippen molar-refractivity contribution in [1.82, 2.24) is 14.9 Å². The topological polar surface area (TPSA) is 47.5 Å². The number of hydrogen-bond acceptors (Lipinski definition) is 6. The standard InChI is InChI=1S/C16H18F3N3O2S/c1-10(22(2)8-12-7-20-9-25-12)11-5-13(16(17,18)19)14(21-6-11)15-23-3-4-24-15/h5-7,9-10,15H,3-4,8H2,1-2H3/t10-/m0/s1. The largest absolute Gasteiger partial charge is 0.418 e. The third-order valence-corrected chi connectivity index (χ3v) is 4.89. The van der Waals surface area contributed by atoms with E-state index in [0.29, 0.717) is 12.1 Å². The first-order valence-electron chi connectivity index (χ1n) is 7.74. The van der Waals surface area contributed by atoms with E-state index in [-0.39, 0.29) is 24.9 Å². The summed E-state index contributed by atoms with van der Waals surface area (Å²) in [5.41, 5.74) is 1.19. The number of halogens is 3. The Morgan fingerprint density at radius 1 is 1.32 bits per heavy atom. The number of aromatic nitrogens is 2. The zero-order valence-corrected chi connectivity index (χ0v) is 14.6. The van der Waals surface area contributed by atoms with E-state index in [9.17, 15) is 13.2 Å². The highest BCUT2D eigenvalue weighted by Gasteiger charge is 2.38. The average molecular weight is 373 g/mol. The lowest BCUT2D eigenvalue weighted by Crippen LogP contribution is -2.23. The highest BCUT2D eigenvalue weighted by atomic mass is 32.1. The fourth-order valence-electron chi connectivity index (χ4n) is 2.61. The molecule has 5 nitrogen and oxygen atoms in total. The van der Waals surface area contributed by atoms with Crippen molar-refractivity contribution in [1.29, 1.82) is 0 Å². The summed E-state index contributed by atoms with van der Waals surface area (Å²) >= 11 is 1.51. The quantitative estimate of drug-likeness (QED) is 0.798. The molecule has 0 bridgehead atoms. The summed E-state index contributed by atoms with van der Waals surface area (Å²) in [6, 6.07) is 0.900. The van der Waals surface area contributed by atoms with Gasteiger partial charge >= 0.3 is 6.18 Å². The molecular weight excluding hydrogens is 355 g/mol. The molecule has 2 aromatic rings. The molecule has 0 unspecified atom stereocenters. The molecule has 1 saturated heterocycles. The van der Waals surface area contributed by atoms with Crippen molar-refractivity contribution in [3.05, 3.63) is 45.7 Å². The van der Waals surface area contributed by atoms with Gasteiger partial charge in [0, 0.05) is 29.9 Å². The Bertz CT molecular complexity index is 703. The first-order valence-corrected chi connectivity index (χ1v) is 8.62. The SMILES string of the molecule is C[C@@H](c1cnc(C2OCCO2)c(C(F)(F)F)c1)N(C)Cc1cncs1. The number of rotatable bonds is 5. The molecule has 3 heterocycles. The van der Waals surface area contributed by atoms with Crippen LogP contribution in [0.25, 0.3) is 0 Å². The Labute approximate surface area is 147 Å². The fraction of sp³-hybridized carbons (Fsp3) is 0.500. The maximum Gasteiger partial charge on any atom is 0.418 e. The Hall–Kier alpha value is -1.55. The minimum Gasteiger partial charge on any atom is -0.345 e. The second-order valence-corrected chi connectivity index (χ2v) is 6.80.